The highest BCUT2D eigenvalue weighted by Crippen LogP contribution is 2.25. The van der Waals surface area contributed by atoms with E-state index in [1.165, 1.54) is 0 Å². The van der Waals surface area contributed by atoms with E-state index in [1.807, 2.05) is 19.1 Å². The van der Waals surface area contributed by atoms with Crippen LogP contribution >= 0.6 is 23.2 Å². The van der Waals surface area contributed by atoms with E-state index in [0.717, 1.165) is 12.0 Å². The maximum absolute atomic E-state index is 12.6. The number of nitrogens with zero attached hydrogens (tertiary/aromatic N) is 2. The third-order valence-electron chi connectivity index (χ3n) is 4.10. The minimum Gasteiger partial charge on any atom is -0.333 e. The van der Waals surface area contributed by atoms with Gasteiger partial charge in [0.1, 0.15) is 0 Å². The van der Waals surface area contributed by atoms with Crippen molar-refractivity contribution in [2.45, 2.75) is 26.2 Å². The van der Waals surface area contributed by atoms with Gasteiger partial charge in [0, 0.05) is 18.0 Å². The first-order chi connectivity index (χ1) is 13.4. The molecule has 2 aromatic rings. The van der Waals surface area contributed by atoms with Crippen molar-refractivity contribution in [3.63, 3.8) is 0 Å². The Hall–Kier alpha value is -2.55. The molecular weight excluding hydrogens is 397 g/mol. The van der Waals surface area contributed by atoms with Crippen molar-refractivity contribution in [3.05, 3.63) is 63.6 Å². The Morgan fingerprint density at radius 3 is 2.46 bits per heavy atom. The summed E-state index contributed by atoms with van der Waals surface area (Å²) in [5.74, 6) is -0.409. The zero-order valence-corrected chi connectivity index (χ0v) is 17.1. The minimum absolute atomic E-state index is 0.0427. The standard InChI is InChI=1S/C21H21Cl2N3O2/c1-2-11-26(14-20(27)25-19-9-8-17(22)12-18(19)23)21(28)10-7-15-3-5-16(13-24)6-4-15/h3-6,8-9,12H,2,7,10-11,14H2,1H3,(H,25,27). The van der Waals surface area contributed by atoms with Gasteiger partial charge in [0.05, 0.1) is 28.9 Å². The van der Waals surface area contributed by atoms with Gasteiger partial charge in [-0.05, 0) is 48.7 Å². The van der Waals surface area contributed by atoms with E-state index in [9.17, 15) is 9.59 Å². The summed E-state index contributed by atoms with van der Waals surface area (Å²) in [6.45, 7) is 2.40. The Labute approximate surface area is 174 Å². The van der Waals surface area contributed by atoms with Crippen LogP contribution in [0.2, 0.25) is 10.0 Å². The summed E-state index contributed by atoms with van der Waals surface area (Å²) in [5.41, 5.74) is 2.01. The highest BCUT2D eigenvalue weighted by molar-refractivity contribution is 6.36. The van der Waals surface area contributed by atoms with Gasteiger partial charge in [-0.1, -0.05) is 42.3 Å². The number of amides is 2. The fraction of sp³-hybridized carbons (Fsp3) is 0.286. The predicted molar refractivity (Wildman–Crippen MR) is 111 cm³/mol. The first-order valence-electron chi connectivity index (χ1n) is 8.94. The molecule has 28 heavy (non-hydrogen) atoms. The van der Waals surface area contributed by atoms with E-state index >= 15 is 0 Å². The van der Waals surface area contributed by atoms with Crippen molar-refractivity contribution >= 4 is 40.7 Å². The average Bonchev–Trinajstić information content (AvgIpc) is 2.68. The van der Waals surface area contributed by atoms with Crippen LogP contribution in [0, 0.1) is 11.3 Å². The van der Waals surface area contributed by atoms with Crippen molar-refractivity contribution < 1.29 is 9.59 Å². The van der Waals surface area contributed by atoms with Crippen LogP contribution in [0.25, 0.3) is 0 Å². The Morgan fingerprint density at radius 2 is 1.86 bits per heavy atom. The van der Waals surface area contributed by atoms with Gasteiger partial charge in [-0.2, -0.15) is 5.26 Å². The summed E-state index contributed by atoms with van der Waals surface area (Å²) >= 11 is 11.9. The van der Waals surface area contributed by atoms with Crippen LogP contribution in [-0.2, 0) is 16.0 Å². The molecule has 2 rings (SSSR count). The maximum atomic E-state index is 12.6. The summed E-state index contributed by atoms with van der Waals surface area (Å²) in [6, 6.07) is 14.0. The number of rotatable bonds is 8. The number of carbonyl (C=O) groups is 2. The topological polar surface area (TPSA) is 73.2 Å². The zero-order chi connectivity index (χ0) is 20.5. The fourth-order valence-corrected chi connectivity index (χ4v) is 3.13. The van der Waals surface area contributed by atoms with E-state index in [1.54, 1.807) is 35.2 Å². The summed E-state index contributed by atoms with van der Waals surface area (Å²) in [5, 5.41) is 12.4. The Bertz CT molecular complexity index is 876. The molecular formula is C21H21Cl2N3O2. The molecule has 0 aliphatic carbocycles. The quantitative estimate of drug-likeness (QED) is 0.677. The molecule has 0 atom stereocenters. The van der Waals surface area contributed by atoms with Crippen LogP contribution in [0.3, 0.4) is 0 Å². The van der Waals surface area contributed by atoms with Gasteiger partial charge < -0.3 is 10.2 Å². The van der Waals surface area contributed by atoms with E-state index < -0.39 is 0 Å². The molecule has 5 nitrogen and oxygen atoms in total. The average molecular weight is 418 g/mol. The molecule has 0 saturated heterocycles. The minimum atomic E-state index is -0.315. The molecule has 0 aliphatic rings. The number of aryl methyl sites for hydroxylation is 1. The number of benzene rings is 2. The largest absolute Gasteiger partial charge is 0.333 e. The van der Waals surface area contributed by atoms with Crippen molar-refractivity contribution in [2.24, 2.45) is 0 Å². The van der Waals surface area contributed by atoms with E-state index in [4.69, 9.17) is 28.5 Å². The van der Waals surface area contributed by atoms with Crippen LogP contribution < -0.4 is 5.32 Å². The highest BCUT2D eigenvalue weighted by Gasteiger charge is 2.17. The van der Waals surface area contributed by atoms with Gasteiger partial charge in [0.15, 0.2) is 0 Å². The van der Waals surface area contributed by atoms with Gasteiger partial charge in [-0.3, -0.25) is 9.59 Å². The van der Waals surface area contributed by atoms with E-state index in [2.05, 4.69) is 11.4 Å². The van der Waals surface area contributed by atoms with E-state index in [0.29, 0.717) is 40.7 Å². The molecule has 0 heterocycles. The van der Waals surface area contributed by atoms with Gasteiger partial charge in [-0.15, -0.1) is 0 Å². The van der Waals surface area contributed by atoms with Crippen molar-refractivity contribution in [1.82, 2.24) is 4.90 Å². The van der Waals surface area contributed by atoms with Crippen molar-refractivity contribution in [2.75, 3.05) is 18.4 Å². The van der Waals surface area contributed by atoms with Crippen LogP contribution in [0.1, 0.15) is 30.9 Å². The normalized spacial score (nSPS) is 10.2. The second kappa shape index (κ2) is 10.7. The third kappa shape index (κ3) is 6.56. The van der Waals surface area contributed by atoms with Crippen LogP contribution in [0.15, 0.2) is 42.5 Å². The highest BCUT2D eigenvalue weighted by atomic mass is 35.5. The molecule has 146 valence electrons. The third-order valence-corrected chi connectivity index (χ3v) is 4.64. The summed E-state index contributed by atoms with van der Waals surface area (Å²) in [4.78, 5) is 26.5. The molecule has 0 bridgehead atoms. The van der Waals surface area contributed by atoms with Crippen molar-refractivity contribution in [3.8, 4) is 6.07 Å². The summed E-state index contributed by atoms with van der Waals surface area (Å²) in [6.07, 6.45) is 1.59. The molecule has 0 aliphatic heterocycles. The van der Waals surface area contributed by atoms with Gasteiger partial charge >= 0.3 is 0 Å². The SMILES string of the molecule is CCCN(CC(=O)Nc1ccc(Cl)cc1Cl)C(=O)CCc1ccc(C#N)cc1. The van der Waals surface area contributed by atoms with Crippen molar-refractivity contribution in [1.29, 1.82) is 5.26 Å². The fourth-order valence-electron chi connectivity index (χ4n) is 2.67. The second-order valence-corrected chi connectivity index (χ2v) is 7.14. The second-order valence-electron chi connectivity index (χ2n) is 6.30. The number of nitrogens with one attached hydrogen (secondary N) is 1. The number of hydrogen-bond donors (Lipinski definition) is 1. The number of carbonyl (C=O) groups excluding carboxylic acids is 2. The van der Waals surface area contributed by atoms with Crippen LogP contribution in [0.4, 0.5) is 5.69 Å². The lowest BCUT2D eigenvalue weighted by molar-refractivity contribution is -0.134. The van der Waals surface area contributed by atoms with Crippen LogP contribution in [0.5, 0.6) is 0 Å². The first-order valence-corrected chi connectivity index (χ1v) is 9.70. The summed E-state index contributed by atoms with van der Waals surface area (Å²) in [7, 11) is 0. The van der Waals surface area contributed by atoms with Gasteiger partial charge in [-0.25, -0.2) is 0 Å². The van der Waals surface area contributed by atoms with Gasteiger partial charge in [0.25, 0.3) is 0 Å². The Kier molecular flexibility index (Phi) is 8.31. The smallest absolute Gasteiger partial charge is 0.244 e. The molecule has 0 fully saturated rings. The number of nitriles is 1. The Balaban J connectivity index is 1.93. The van der Waals surface area contributed by atoms with E-state index in [-0.39, 0.29) is 18.4 Å². The Morgan fingerprint density at radius 1 is 1.14 bits per heavy atom. The lowest BCUT2D eigenvalue weighted by atomic mass is 10.1. The molecule has 0 radical (unpaired) electrons. The lowest BCUT2D eigenvalue weighted by Crippen LogP contribution is -2.38. The van der Waals surface area contributed by atoms with Gasteiger partial charge in [0.2, 0.25) is 11.8 Å². The molecule has 0 aromatic heterocycles. The molecule has 7 heteroatoms. The molecule has 0 unspecified atom stereocenters. The number of hydrogen-bond acceptors (Lipinski definition) is 3. The van der Waals surface area contributed by atoms with Crippen LogP contribution in [-0.4, -0.2) is 29.8 Å². The monoisotopic (exact) mass is 417 g/mol. The molecule has 2 amide bonds. The lowest BCUT2D eigenvalue weighted by Gasteiger charge is -2.22. The summed E-state index contributed by atoms with van der Waals surface area (Å²) < 4.78 is 0. The first kappa shape index (κ1) is 21.7. The maximum Gasteiger partial charge on any atom is 0.244 e. The predicted octanol–water partition coefficient (Wildman–Crippen LogP) is 4.67. The zero-order valence-electron chi connectivity index (χ0n) is 15.5. The molecule has 0 saturated carbocycles. The molecule has 0 spiro atoms. The molecule has 1 N–H and O–H groups in total. The number of halogens is 2. The number of anilines is 1. The molecule has 2 aromatic carbocycles.